The molecule has 0 aliphatic heterocycles. The molecule has 1 aromatic carbocycles. The van der Waals surface area contributed by atoms with Crippen LogP contribution in [-0.4, -0.2) is 17.0 Å². The maximum absolute atomic E-state index is 13.9. The molecule has 2 rings (SSSR count). The second-order valence-corrected chi connectivity index (χ2v) is 6.16. The Morgan fingerprint density at radius 1 is 1.30 bits per heavy atom. The first-order valence-corrected chi connectivity index (χ1v) is 8.06. The van der Waals surface area contributed by atoms with Gasteiger partial charge in [0.2, 0.25) is 11.8 Å². The smallest absolute Gasteiger partial charge is 0.224 e. The van der Waals surface area contributed by atoms with Gasteiger partial charge in [0, 0.05) is 18.3 Å². The van der Waals surface area contributed by atoms with Crippen molar-refractivity contribution in [2.75, 3.05) is 0 Å². The van der Waals surface area contributed by atoms with Crippen LogP contribution in [0.25, 0.3) is 0 Å². The molecule has 122 valence electrons. The lowest BCUT2D eigenvalue weighted by atomic mass is 10.1. The molecule has 6 heteroatoms. The van der Waals surface area contributed by atoms with E-state index in [9.17, 15) is 9.18 Å². The van der Waals surface area contributed by atoms with E-state index in [0.29, 0.717) is 15.9 Å². The van der Waals surface area contributed by atoms with E-state index in [1.165, 1.54) is 0 Å². The number of aromatic nitrogens is 1. The van der Waals surface area contributed by atoms with Gasteiger partial charge in [-0.05, 0) is 47.5 Å². The van der Waals surface area contributed by atoms with Crippen molar-refractivity contribution in [3.05, 3.63) is 57.9 Å². The van der Waals surface area contributed by atoms with Crippen molar-refractivity contribution >= 4 is 21.8 Å². The number of nitrogens with zero attached hydrogens (tertiary/aromatic N) is 1. The lowest BCUT2D eigenvalue weighted by Crippen LogP contribution is -2.25. The first-order chi connectivity index (χ1) is 11.0. The Morgan fingerprint density at radius 2 is 2.04 bits per heavy atom. The van der Waals surface area contributed by atoms with E-state index in [4.69, 9.17) is 4.74 Å². The first-order valence-electron chi connectivity index (χ1n) is 7.27. The number of benzene rings is 1. The number of rotatable bonds is 6. The number of ether oxygens (including phenoxy) is 1. The Hall–Kier alpha value is -1.95. The molecule has 1 heterocycles. The Balaban J connectivity index is 1.98. The van der Waals surface area contributed by atoms with Crippen LogP contribution >= 0.6 is 15.9 Å². The molecule has 1 aromatic heterocycles. The van der Waals surface area contributed by atoms with E-state index in [1.807, 2.05) is 19.9 Å². The molecule has 0 spiro atoms. The van der Waals surface area contributed by atoms with Gasteiger partial charge in [0.15, 0.2) is 0 Å². The number of carbonyl (C=O) groups is 1. The fourth-order valence-electron chi connectivity index (χ4n) is 2.00. The summed E-state index contributed by atoms with van der Waals surface area (Å²) >= 11 is 3.11. The van der Waals surface area contributed by atoms with Crippen molar-refractivity contribution in [1.82, 2.24) is 10.3 Å². The van der Waals surface area contributed by atoms with Crippen molar-refractivity contribution in [2.45, 2.75) is 32.9 Å². The molecule has 0 atom stereocenters. The van der Waals surface area contributed by atoms with Crippen LogP contribution in [0.4, 0.5) is 4.39 Å². The van der Waals surface area contributed by atoms with Gasteiger partial charge in [-0.2, -0.15) is 0 Å². The fourth-order valence-corrected chi connectivity index (χ4v) is 2.41. The zero-order chi connectivity index (χ0) is 16.8. The van der Waals surface area contributed by atoms with E-state index in [1.54, 1.807) is 30.5 Å². The third-order valence-corrected chi connectivity index (χ3v) is 3.67. The highest BCUT2D eigenvalue weighted by Gasteiger charge is 2.12. The molecule has 4 nitrogen and oxygen atoms in total. The summed E-state index contributed by atoms with van der Waals surface area (Å²) in [5, 5.41) is 2.77. The van der Waals surface area contributed by atoms with E-state index in [2.05, 4.69) is 26.2 Å². The monoisotopic (exact) mass is 380 g/mol. The minimum Gasteiger partial charge on any atom is -0.475 e. The summed E-state index contributed by atoms with van der Waals surface area (Å²) in [5.74, 6) is -0.175. The number of nitrogens with one attached hydrogen (secondary N) is 1. The Bertz CT molecular complexity index is 692. The number of hydrogen-bond donors (Lipinski definition) is 1. The van der Waals surface area contributed by atoms with Crippen LogP contribution in [0.5, 0.6) is 5.88 Å². The maximum Gasteiger partial charge on any atom is 0.224 e. The predicted molar refractivity (Wildman–Crippen MR) is 89.7 cm³/mol. The lowest BCUT2D eigenvalue weighted by molar-refractivity contribution is -0.120. The zero-order valence-corrected chi connectivity index (χ0v) is 14.6. The number of carbonyl (C=O) groups excluding carboxylic acids is 1. The second-order valence-electron chi connectivity index (χ2n) is 5.30. The van der Waals surface area contributed by atoms with Crippen LogP contribution in [0, 0.1) is 5.82 Å². The molecular formula is C17H18BrFN2O2. The lowest BCUT2D eigenvalue weighted by Gasteiger charge is -2.13. The summed E-state index contributed by atoms with van der Waals surface area (Å²) < 4.78 is 19.8. The van der Waals surface area contributed by atoms with E-state index in [0.717, 1.165) is 5.56 Å². The van der Waals surface area contributed by atoms with Crippen LogP contribution < -0.4 is 10.1 Å². The average molecular weight is 381 g/mol. The van der Waals surface area contributed by atoms with Gasteiger partial charge in [0.25, 0.3) is 0 Å². The van der Waals surface area contributed by atoms with Gasteiger partial charge < -0.3 is 10.1 Å². The van der Waals surface area contributed by atoms with Crippen LogP contribution in [0.2, 0.25) is 0 Å². The molecule has 2 aromatic rings. The van der Waals surface area contributed by atoms with Crippen LogP contribution in [0.1, 0.15) is 25.0 Å². The van der Waals surface area contributed by atoms with Crippen molar-refractivity contribution in [1.29, 1.82) is 0 Å². The topological polar surface area (TPSA) is 51.2 Å². The normalized spacial score (nSPS) is 10.7. The van der Waals surface area contributed by atoms with E-state index < -0.39 is 5.82 Å². The Kier molecular flexibility index (Phi) is 6.10. The summed E-state index contributed by atoms with van der Waals surface area (Å²) in [7, 11) is 0. The summed E-state index contributed by atoms with van der Waals surface area (Å²) in [6.45, 7) is 4.10. The molecule has 1 N–H and O–H groups in total. The van der Waals surface area contributed by atoms with Gasteiger partial charge in [-0.1, -0.05) is 18.2 Å². The number of pyridine rings is 1. The largest absolute Gasteiger partial charge is 0.475 e. The third kappa shape index (κ3) is 5.03. The molecule has 0 radical (unpaired) electrons. The third-order valence-electron chi connectivity index (χ3n) is 3.06. The van der Waals surface area contributed by atoms with Crippen molar-refractivity contribution in [2.24, 2.45) is 0 Å². The summed E-state index contributed by atoms with van der Waals surface area (Å²) in [6.07, 6.45) is 1.61. The summed E-state index contributed by atoms with van der Waals surface area (Å²) in [4.78, 5) is 16.2. The maximum atomic E-state index is 13.9. The molecule has 0 saturated carbocycles. The van der Waals surface area contributed by atoms with E-state index >= 15 is 0 Å². The van der Waals surface area contributed by atoms with Gasteiger partial charge in [0.1, 0.15) is 5.82 Å². The van der Waals surface area contributed by atoms with E-state index in [-0.39, 0.29) is 25.0 Å². The highest BCUT2D eigenvalue weighted by Crippen LogP contribution is 2.19. The standard InChI is InChI=1S/C17H18BrFN2O2/c1-11(2)23-17-13(6-4-8-20-17)10-21-15(22)9-12-5-3-7-14(18)16(12)19/h3-8,11H,9-10H2,1-2H3,(H,21,22). The number of amides is 1. The zero-order valence-electron chi connectivity index (χ0n) is 13.0. The van der Waals surface area contributed by atoms with Crippen LogP contribution in [0.3, 0.4) is 0 Å². The predicted octanol–water partition coefficient (Wildman–Crippen LogP) is 3.63. The van der Waals surface area contributed by atoms with Gasteiger partial charge in [-0.25, -0.2) is 9.37 Å². The Labute approximate surface area is 143 Å². The molecule has 0 fully saturated rings. The van der Waals surface area contributed by atoms with Crippen LogP contribution in [-0.2, 0) is 17.8 Å². The van der Waals surface area contributed by atoms with Gasteiger partial charge in [-0.3, -0.25) is 4.79 Å². The highest BCUT2D eigenvalue weighted by molar-refractivity contribution is 9.10. The highest BCUT2D eigenvalue weighted by atomic mass is 79.9. The second kappa shape index (κ2) is 8.06. The number of halogens is 2. The molecule has 23 heavy (non-hydrogen) atoms. The van der Waals surface area contributed by atoms with Crippen molar-refractivity contribution in [3.8, 4) is 5.88 Å². The number of hydrogen-bond acceptors (Lipinski definition) is 3. The van der Waals surface area contributed by atoms with Gasteiger partial charge in [-0.15, -0.1) is 0 Å². The average Bonchev–Trinajstić information content (AvgIpc) is 2.50. The molecule has 1 amide bonds. The van der Waals surface area contributed by atoms with Gasteiger partial charge in [0.05, 0.1) is 17.0 Å². The van der Waals surface area contributed by atoms with Crippen molar-refractivity contribution < 1.29 is 13.9 Å². The molecule has 0 bridgehead atoms. The minimum atomic E-state index is -0.409. The quantitative estimate of drug-likeness (QED) is 0.832. The summed E-state index contributed by atoms with van der Waals surface area (Å²) in [6, 6.07) is 8.51. The molecule has 0 saturated heterocycles. The van der Waals surface area contributed by atoms with Crippen LogP contribution in [0.15, 0.2) is 41.0 Å². The first kappa shape index (κ1) is 17.4. The van der Waals surface area contributed by atoms with Crippen molar-refractivity contribution in [3.63, 3.8) is 0 Å². The molecule has 0 aliphatic rings. The molecule has 0 aliphatic carbocycles. The molecular weight excluding hydrogens is 363 g/mol. The minimum absolute atomic E-state index is 0.00452. The van der Waals surface area contributed by atoms with Gasteiger partial charge >= 0.3 is 0 Å². The summed E-state index contributed by atoms with van der Waals surface area (Å²) in [5.41, 5.74) is 1.13. The fraction of sp³-hybridized carbons (Fsp3) is 0.294. The Morgan fingerprint density at radius 3 is 2.78 bits per heavy atom. The molecule has 0 unspecified atom stereocenters. The SMILES string of the molecule is CC(C)Oc1ncccc1CNC(=O)Cc1cccc(Br)c1F.